The van der Waals surface area contributed by atoms with Gasteiger partial charge in [-0.25, -0.2) is 4.39 Å². The fraction of sp³-hybridized carbons (Fsp3) is 0.571. The van der Waals surface area contributed by atoms with Crippen LogP contribution in [-0.2, 0) is 0 Å². The number of benzene rings is 1. The van der Waals surface area contributed by atoms with Crippen LogP contribution < -0.4 is 10.6 Å². The van der Waals surface area contributed by atoms with Crippen molar-refractivity contribution < 1.29 is 9.31 Å². The summed E-state index contributed by atoms with van der Waals surface area (Å²) in [7, 11) is 0. The zero-order chi connectivity index (χ0) is 15.0. The van der Waals surface area contributed by atoms with Gasteiger partial charge in [0.05, 0.1) is 15.5 Å². The van der Waals surface area contributed by atoms with Crippen LogP contribution in [0.3, 0.4) is 0 Å². The molecule has 1 unspecified atom stereocenters. The number of nitrogens with zero attached hydrogens (tertiary/aromatic N) is 1. The molecule has 0 bridgehead atoms. The monoisotopic (exact) mass is 357 g/mol. The predicted octanol–water partition coefficient (Wildman–Crippen LogP) is 3.58. The van der Waals surface area contributed by atoms with Crippen molar-refractivity contribution in [1.29, 1.82) is 0 Å². The Morgan fingerprint density at radius 3 is 2.86 bits per heavy atom. The molecule has 1 atom stereocenters. The molecule has 2 fully saturated rings. The van der Waals surface area contributed by atoms with E-state index in [4.69, 9.17) is 0 Å². The lowest BCUT2D eigenvalue weighted by molar-refractivity contribution is -0.384. The first-order chi connectivity index (χ1) is 9.99. The molecule has 1 saturated heterocycles. The van der Waals surface area contributed by atoms with Crippen LogP contribution >= 0.6 is 15.9 Å². The van der Waals surface area contributed by atoms with Crippen molar-refractivity contribution in [2.45, 2.75) is 43.7 Å². The van der Waals surface area contributed by atoms with Crippen molar-refractivity contribution in [1.82, 2.24) is 5.32 Å². The number of piperidine rings is 1. The number of halogens is 2. The number of hydrogen-bond donors (Lipinski definition) is 2. The van der Waals surface area contributed by atoms with Gasteiger partial charge in [-0.3, -0.25) is 10.1 Å². The summed E-state index contributed by atoms with van der Waals surface area (Å²) in [5.74, 6) is -0.618. The Bertz CT molecular complexity index is 578. The van der Waals surface area contributed by atoms with Crippen molar-refractivity contribution in [3.63, 3.8) is 0 Å². The van der Waals surface area contributed by atoms with Gasteiger partial charge in [-0.2, -0.15) is 0 Å². The lowest BCUT2D eigenvalue weighted by Gasteiger charge is -2.48. The summed E-state index contributed by atoms with van der Waals surface area (Å²) in [6, 6.07) is 2.61. The molecular weight excluding hydrogens is 341 g/mol. The Morgan fingerprint density at radius 1 is 1.48 bits per heavy atom. The summed E-state index contributed by atoms with van der Waals surface area (Å²) in [5.41, 5.74) is 0.383. The van der Waals surface area contributed by atoms with Gasteiger partial charge in [0.15, 0.2) is 0 Å². The Morgan fingerprint density at radius 2 is 2.24 bits per heavy atom. The molecule has 2 N–H and O–H groups in total. The Balaban J connectivity index is 1.80. The van der Waals surface area contributed by atoms with E-state index in [-0.39, 0.29) is 21.7 Å². The van der Waals surface area contributed by atoms with Gasteiger partial charge in [-0.1, -0.05) is 0 Å². The molecule has 1 saturated carbocycles. The quantitative estimate of drug-likeness (QED) is 0.640. The summed E-state index contributed by atoms with van der Waals surface area (Å²) in [5, 5.41) is 17.9. The Hall–Kier alpha value is -1.21. The zero-order valence-corrected chi connectivity index (χ0v) is 13.1. The summed E-state index contributed by atoms with van der Waals surface area (Å²) < 4.78 is 13.7. The van der Waals surface area contributed by atoms with Crippen LogP contribution in [0.5, 0.6) is 0 Å². The molecule has 114 valence electrons. The normalized spacial score (nSPS) is 23.6. The number of nitrogens with one attached hydrogen (secondary N) is 2. The molecule has 1 aromatic carbocycles. The molecule has 1 aromatic rings. The molecule has 21 heavy (non-hydrogen) atoms. The minimum Gasteiger partial charge on any atom is -0.377 e. The van der Waals surface area contributed by atoms with Gasteiger partial charge < -0.3 is 10.6 Å². The van der Waals surface area contributed by atoms with Crippen molar-refractivity contribution in [3.05, 3.63) is 32.5 Å². The van der Waals surface area contributed by atoms with Crippen LogP contribution in [0.15, 0.2) is 16.6 Å². The van der Waals surface area contributed by atoms with E-state index in [1.807, 2.05) is 0 Å². The molecular formula is C14H17BrFN3O2. The fourth-order valence-electron chi connectivity index (χ4n) is 3.29. The summed E-state index contributed by atoms with van der Waals surface area (Å²) in [4.78, 5) is 10.5. The van der Waals surface area contributed by atoms with Crippen LogP contribution in [0.4, 0.5) is 15.8 Å². The van der Waals surface area contributed by atoms with E-state index < -0.39 is 10.7 Å². The minimum atomic E-state index is -0.618. The van der Waals surface area contributed by atoms with Crippen LogP contribution in [0.1, 0.15) is 32.1 Å². The summed E-state index contributed by atoms with van der Waals surface area (Å²) >= 11 is 3.09. The van der Waals surface area contributed by atoms with Gasteiger partial charge in [-0.15, -0.1) is 0 Å². The number of rotatable bonds is 3. The molecule has 1 aliphatic carbocycles. The third-order valence-corrected chi connectivity index (χ3v) is 5.14. The smallest absolute Gasteiger partial charge is 0.295 e. The van der Waals surface area contributed by atoms with Crippen molar-refractivity contribution in [2.75, 3.05) is 11.9 Å². The Labute approximate surface area is 130 Å². The Kier molecular flexibility index (Phi) is 3.88. The van der Waals surface area contributed by atoms with E-state index in [2.05, 4.69) is 26.6 Å². The SMILES string of the molecule is O=[N+]([O-])c1cc(F)c(Br)cc1NC1CCNC2(CCC2)C1. The first-order valence-corrected chi connectivity index (χ1v) is 7.93. The first-order valence-electron chi connectivity index (χ1n) is 7.14. The lowest BCUT2D eigenvalue weighted by Crippen LogP contribution is -2.58. The van der Waals surface area contributed by atoms with Crippen LogP contribution in [-0.4, -0.2) is 23.0 Å². The van der Waals surface area contributed by atoms with Crippen LogP contribution in [0.2, 0.25) is 0 Å². The second-order valence-corrected chi connectivity index (χ2v) is 6.79. The number of nitro groups is 1. The average molecular weight is 358 g/mol. The third-order valence-electron chi connectivity index (χ3n) is 4.54. The van der Waals surface area contributed by atoms with E-state index in [1.54, 1.807) is 0 Å². The highest BCUT2D eigenvalue weighted by molar-refractivity contribution is 9.10. The molecule has 5 nitrogen and oxygen atoms in total. The molecule has 1 heterocycles. The van der Waals surface area contributed by atoms with E-state index >= 15 is 0 Å². The maximum absolute atomic E-state index is 13.5. The van der Waals surface area contributed by atoms with E-state index in [0.717, 1.165) is 25.5 Å². The average Bonchev–Trinajstić information content (AvgIpc) is 2.41. The van der Waals surface area contributed by atoms with Gasteiger partial charge in [-0.05, 0) is 60.6 Å². The summed E-state index contributed by atoms with van der Waals surface area (Å²) in [6.07, 6.45) is 5.44. The highest BCUT2D eigenvalue weighted by atomic mass is 79.9. The highest BCUT2D eigenvalue weighted by Crippen LogP contribution is 2.40. The standard InChI is InChI=1S/C14H17BrFN3O2/c15-10-6-12(13(19(20)21)7-11(10)16)18-9-2-5-17-14(8-9)3-1-4-14/h6-7,9,17-18H,1-5,8H2. The lowest BCUT2D eigenvalue weighted by atomic mass is 9.70. The minimum absolute atomic E-state index is 0.183. The molecule has 0 aromatic heterocycles. The van der Waals surface area contributed by atoms with Gasteiger partial charge >= 0.3 is 0 Å². The first kappa shape index (κ1) is 14.7. The number of nitro benzene ring substituents is 1. The van der Waals surface area contributed by atoms with Crippen LogP contribution in [0, 0.1) is 15.9 Å². The molecule has 2 aliphatic rings. The molecule has 7 heteroatoms. The summed E-state index contributed by atoms with van der Waals surface area (Å²) in [6.45, 7) is 0.911. The van der Waals surface area contributed by atoms with Crippen molar-refractivity contribution in [3.8, 4) is 0 Å². The van der Waals surface area contributed by atoms with Gasteiger partial charge in [0.1, 0.15) is 11.5 Å². The largest absolute Gasteiger partial charge is 0.377 e. The van der Waals surface area contributed by atoms with Gasteiger partial charge in [0, 0.05) is 11.6 Å². The second-order valence-electron chi connectivity index (χ2n) is 5.94. The van der Waals surface area contributed by atoms with E-state index in [9.17, 15) is 14.5 Å². The maximum Gasteiger partial charge on any atom is 0.295 e. The van der Waals surface area contributed by atoms with Crippen molar-refractivity contribution in [2.24, 2.45) is 0 Å². The second kappa shape index (κ2) is 5.53. The predicted molar refractivity (Wildman–Crippen MR) is 82.0 cm³/mol. The molecule has 1 aliphatic heterocycles. The number of hydrogen-bond acceptors (Lipinski definition) is 4. The maximum atomic E-state index is 13.5. The molecule has 3 rings (SSSR count). The van der Waals surface area contributed by atoms with E-state index in [1.165, 1.54) is 25.3 Å². The zero-order valence-electron chi connectivity index (χ0n) is 11.5. The van der Waals surface area contributed by atoms with Gasteiger partial charge in [0.2, 0.25) is 0 Å². The highest BCUT2D eigenvalue weighted by Gasteiger charge is 2.41. The van der Waals surface area contributed by atoms with Gasteiger partial charge in [0.25, 0.3) is 5.69 Å². The number of anilines is 1. The molecule has 1 spiro atoms. The van der Waals surface area contributed by atoms with Crippen molar-refractivity contribution >= 4 is 27.3 Å². The molecule has 0 radical (unpaired) electrons. The third kappa shape index (κ3) is 2.89. The van der Waals surface area contributed by atoms with Crippen LogP contribution in [0.25, 0.3) is 0 Å². The topological polar surface area (TPSA) is 67.2 Å². The fourth-order valence-corrected chi connectivity index (χ4v) is 3.63. The van der Waals surface area contributed by atoms with E-state index in [0.29, 0.717) is 5.69 Å². The molecule has 0 amide bonds.